The van der Waals surface area contributed by atoms with Crippen molar-refractivity contribution >= 4 is 23.4 Å². The van der Waals surface area contributed by atoms with Gasteiger partial charge in [-0.25, -0.2) is 4.79 Å². The molecule has 0 aliphatic heterocycles. The molecule has 1 heterocycles. The quantitative estimate of drug-likeness (QED) is 0.198. The van der Waals surface area contributed by atoms with Gasteiger partial charge in [-0.05, 0) is 65.4 Å². The first-order valence-electron chi connectivity index (χ1n) is 12.9. The van der Waals surface area contributed by atoms with Gasteiger partial charge >= 0.3 is 18.4 Å². The summed E-state index contributed by atoms with van der Waals surface area (Å²) in [5.74, 6) is -1.75. The molecule has 1 aromatic heterocycles. The van der Waals surface area contributed by atoms with Crippen LogP contribution in [0, 0.1) is 6.92 Å². The van der Waals surface area contributed by atoms with Crippen molar-refractivity contribution in [2.45, 2.75) is 39.1 Å². The summed E-state index contributed by atoms with van der Waals surface area (Å²) in [5, 5.41) is 14.0. The fourth-order valence-corrected chi connectivity index (χ4v) is 4.40. The lowest BCUT2D eigenvalue weighted by molar-refractivity contribution is -0.274. The van der Waals surface area contributed by atoms with Gasteiger partial charge in [-0.2, -0.15) is 0 Å². The van der Waals surface area contributed by atoms with E-state index in [0.29, 0.717) is 5.69 Å². The summed E-state index contributed by atoms with van der Waals surface area (Å²) in [7, 11) is 0. The lowest BCUT2D eigenvalue weighted by atomic mass is 9.97. The standard InChI is InChI=1S/C31H28F3N3O5/c1-19-6-3-4-8-25(19)35-30(41)36-26-14-13-23(17-27(26)42-31(32,33)34)24-7-5-15-37(29(24)40)18-21-9-11-22(12-10-21)20(2)16-28(38)39/h3-15,17,20H,16,18H2,1-2H3,(H,38,39)(H2,35,36,41)/t20-/m0/s1. The summed E-state index contributed by atoms with van der Waals surface area (Å²) < 4.78 is 45.4. The van der Waals surface area contributed by atoms with Crippen molar-refractivity contribution in [3.8, 4) is 16.9 Å². The molecule has 8 nitrogen and oxygen atoms in total. The minimum atomic E-state index is -5.05. The number of carboxylic acids is 1. The Kier molecular flexibility index (Phi) is 8.99. The van der Waals surface area contributed by atoms with Crippen LogP contribution in [-0.2, 0) is 11.3 Å². The van der Waals surface area contributed by atoms with Gasteiger partial charge in [0.05, 0.1) is 18.7 Å². The Morgan fingerprint density at radius 1 is 0.952 bits per heavy atom. The first-order chi connectivity index (χ1) is 19.9. The molecule has 4 rings (SSSR count). The van der Waals surface area contributed by atoms with Crippen LogP contribution in [0.3, 0.4) is 0 Å². The number of hydrogen-bond acceptors (Lipinski definition) is 4. The Morgan fingerprint density at radius 3 is 2.31 bits per heavy atom. The maximum atomic E-state index is 13.3. The summed E-state index contributed by atoms with van der Waals surface area (Å²) in [6, 6.07) is 20.2. The van der Waals surface area contributed by atoms with Crippen molar-refractivity contribution < 1.29 is 32.6 Å². The van der Waals surface area contributed by atoms with Gasteiger partial charge in [0.2, 0.25) is 0 Å². The van der Waals surface area contributed by atoms with Crippen LogP contribution in [0.15, 0.2) is 89.9 Å². The minimum absolute atomic E-state index is 0.00737. The highest BCUT2D eigenvalue weighted by atomic mass is 19.4. The highest BCUT2D eigenvalue weighted by Gasteiger charge is 2.32. The number of nitrogens with one attached hydrogen (secondary N) is 2. The molecule has 42 heavy (non-hydrogen) atoms. The number of pyridine rings is 1. The number of carbonyl (C=O) groups excluding carboxylic acids is 1. The fourth-order valence-electron chi connectivity index (χ4n) is 4.40. The van der Waals surface area contributed by atoms with Gasteiger partial charge in [0.25, 0.3) is 5.56 Å². The smallest absolute Gasteiger partial charge is 0.481 e. The van der Waals surface area contributed by atoms with Gasteiger partial charge in [0.1, 0.15) is 0 Å². The van der Waals surface area contributed by atoms with Crippen molar-refractivity contribution in [3.63, 3.8) is 0 Å². The highest BCUT2D eigenvalue weighted by Crippen LogP contribution is 2.34. The number of anilines is 2. The van der Waals surface area contributed by atoms with Gasteiger partial charge in [-0.1, -0.05) is 55.5 Å². The number of para-hydroxylation sites is 1. The molecule has 2 amide bonds. The molecule has 3 N–H and O–H groups in total. The number of halogens is 3. The van der Waals surface area contributed by atoms with Crippen LogP contribution in [0.4, 0.5) is 29.3 Å². The molecule has 0 saturated heterocycles. The lowest BCUT2D eigenvalue weighted by Gasteiger charge is -2.16. The second kappa shape index (κ2) is 12.6. The van der Waals surface area contributed by atoms with Gasteiger partial charge in [-0.15, -0.1) is 13.2 Å². The number of aromatic nitrogens is 1. The molecular weight excluding hydrogens is 551 g/mol. The number of carbonyl (C=O) groups is 2. The Morgan fingerprint density at radius 2 is 1.64 bits per heavy atom. The van der Waals surface area contributed by atoms with Gasteiger partial charge in [0, 0.05) is 17.4 Å². The summed E-state index contributed by atoms with van der Waals surface area (Å²) in [5.41, 5.74) is 2.48. The lowest BCUT2D eigenvalue weighted by Crippen LogP contribution is -2.23. The molecule has 0 aliphatic carbocycles. The highest BCUT2D eigenvalue weighted by molar-refractivity contribution is 6.01. The SMILES string of the molecule is Cc1ccccc1NC(=O)Nc1ccc(-c2cccn(Cc3ccc([C@@H](C)CC(=O)O)cc3)c2=O)cc1OC(F)(F)F. The van der Waals surface area contributed by atoms with Crippen molar-refractivity contribution in [1.29, 1.82) is 0 Å². The predicted molar refractivity (Wildman–Crippen MR) is 153 cm³/mol. The van der Waals surface area contributed by atoms with Crippen molar-refractivity contribution in [3.05, 3.63) is 112 Å². The second-order valence-electron chi connectivity index (χ2n) is 9.75. The number of alkyl halides is 3. The molecule has 0 fully saturated rings. The zero-order valence-corrected chi connectivity index (χ0v) is 22.7. The van der Waals surface area contributed by atoms with E-state index in [1.807, 2.05) is 6.92 Å². The van der Waals surface area contributed by atoms with E-state index in [9.17, 15) is 27.6 Å². The molecule has 0 bridgehead atoms. The number of carboxylic acid groups (broad SMARTS) is 1. The number of benzene rings is 3. The summed E-state index contributed by atoms with van der Waals surface area (Å²) in [4.78, 5) is 36.9. The Balaban J connectivity index is 1.58. The average molecular weight is 580 g/mol. The Hall–Kier alpha value is -5.06. The Labute approximate surface area is 239 Å². The number of aryl methyl sites for hydroxylation is 1. The molecule has 3 aromatic carbocycles. The van der Waals surface area contributed by atoms with E-state index in [0.717, 1.165) is 22.8 Å². The van der Waals surface area contributed by atoms with Crippen LogP contribution < -0.4 is 20.9 Å². The molecule has 1 atom stereocenters. The van der Waals surface area contributed by atoms with Crippen LogP contribution in [0.1, 0.15) is 36.0 Å². The third-order valence-electron chi connectivity index (χ3n) is 6.56. The molecule has 218 valence electrons. The van der Waals surface area contributed by atoms with E-state index in [4.69, 9.17) is 5.11 Å². The number of amides is 2. The van der Waals surface area contributed by atoms with Crippen LogP contribution in [-0.4, -0.2) is 28.0 Å². The number of ether oxygens (including phenoxy) is 1. The predicted octanol–water partition coefficient (Wildman–Crippen LogP) is 6.99. The third-order valence-corrected chi connectivity index (χ3v) is 6.56. The monoisotopic (exact) mass is 579 g/mol. The molecule has 4 aromatic rings. The van der Waals surface area contributed by atoms with Gasteiger partial charge < -0.3 is 25.0 Å². The molecule has 0 radical (unpaired) electrons. The fraction of sp³-hybridized carbons (Fsp3) is 0.194. The van der Waals surface area contributed by atoms with Gasteiger partial charge in [-0.3, -0.25) is 9.59 Å². The molecule has 0 unspecified atom stereocenters. The number of rotatable bonds is 9. The topological polar surface area (TPSA) is 110 Å². The maximum Gasteiger partial charge on any atom is 0.573 e. The average Bonchev–Trinajstić information content (AvgIpc) is 2.91. The van der Waals surface area contributed by atoms with E-state index in [1.165, 1.54) is 22.8 Å². The summed E-state index contributed by atoms with van der Waals surface area (Å²) in [6.07, 6.45) is -3.50. The summed E-state index contributed by atoms with van der Waals surface area (Å²) >= 11 is 0. The third kappa shape index (κ3) is 7.78. The minimum Gasteiger partial charge on any atom is -0.481 e. The number of urea groups is 1. The molecule has 11 heteroatoms. The van der Waals surface area contributed by atoms with E-state index >= 15 is 0 Å². The number of aliphatic carboxylic acids is 1. The second-order valence-corrected chi connectivity index (χ2v) is 9.75. The van der Waals surface area contributed by atoms with Gasteiger partial charge in [0.15, 0.2) is 5.75 Å². The van der Waals surface area contributed by atoms with Crippen LogP contribution >= 0.6 is 0 Å². The van der Waals surface area contributed by atoms with Crippen LogP contribution in [0.25, 0.3) is 11.1 Å². The van der Waals surface area contributed by atoms with E-state index in [1.54, 1.807) is 67.7 Å². The van der Waals surface area contributed by atoms with Crippen LogP contribution in [0.2, 0.25) is 0 Å². The molecule has 0 aliphatic rings. The van der Waals surface area contributed by atoms with Crippen LogP contribution in [0.5, 0.6) is 5.75 Å². The zero-order chi connectivity index (χ0) is 30.4. The van der Waals surface area contributed by atoms with Crippen molar-refractivity contribution in [2.75, 3.05) is 10.6 Å². The maximum absolute atomic E-state index is 13.3. The number of hydrogen-bond donors (Lipinski definition) is 3. The Bertz CT molecular complexity index is 1650. The molecule has 0 saturated carbocycles. The largest absolute Gasteiger partial charge is 0.573 e. The van der Waals surface area contributed by atoms with Crippen molar-refractivity contribution in [1.82, 2.24) is 4.57 Å². The van der Waals surface area contributed by atoms with Crippen molar-refractivity contribution in [2.24, 2.45) is 0 Å². The first kappa shape index (κ1) is 29.9. The van der Waals surface area contributed by atoms with E-state index < -0.39 is 29.7 Å². The molecule has 0 spiro atoms. The number of nitrogens with zero attached hydrogens (tertiary/aromatic N) is 1. The van der Waals surface area contributed by atoms with E-state index in [-0.39, 0.29) is 35.7 Å². The zero-order valence-electron chi connectivity index (χ0n) is 22.7. The molecular formula is C31H28F3N3O5. The van der Waals surface area contributed by atoms with E-state index in [2.05, 4.69) is 15.4 Å². The first-order valence-corrected chi connectivity index (χ1v) is 12.9. The normalized spacial score (nSPS) is 11.9. The summed E-state index contributed by atoms with van der Waals surface area (Å²) in [6.45, 7) is 3.77.